The van der Waals surface area contributed by atoms with Gasteiger partial charge >= 0.3 is 0 Å². The second-order valence-electron chi connectivity index (χ2n) is 7.75. The zero-order chi connectivity index (χ0) is 17.3. The van der Waals surface area contributed by atoms with E-state index in [0.717, 1.165) is 45.6 Å². The summed E-state index contributed by atoms with van der Waals surface area (Å²) in [4.78, 5) is 12.9. The van der Waals surface area contributed by atoms with E-state index in [9.17, 15) is 4.79 Å². The first-order valence-corrected chi connectivity index (χ1v) is 9.75. The zero-order valence-electron chi connectivity index (χ0n) is 15.1. The van der Waals surface area contributed by atoms with Crippen LogP contribution in [0.1, 0.15) is 55.9 Å². The van der Waals surface area contributed by atoms with Gasteiger partial charge in [0.15, 0.2) is 0 Å². The Morgan fingerprint density at radius 1 is 1.44 bits per heavy atom. The van der Waals surface area contributed by atoms with Gasteiger partial charge in [0.2, 0.25) is 0 Å². The van der Waals surface area contributed by atoms with Crippen LogP contribution >= 0.6 is 0 Å². The van der Waals surface area contributed by atoms with Gasteiger partial charge in [-0.25, -0.2) is 0 Å². The van der Waals surface area contributed by atoms with E-state index < -0.39 is 0 Å². The number of carbonyl (C=O) groups is 1. The molecule has 0 aromatic carbocycles. The molecule has 1 spiro atoms. The Balaban J connectivity index is 1.43. The molecule has 2 aliphatic carbocycles. The Morgan fingerprint density at radius 3 is 2.92 bits per heavy atom. The molecule has 1 saturated heterocycles. The van der Waals surface area contributed by atoms with Crippen molar-refractivity contribution in [3.05, 3.63) is 18.0 Å². The molecule has 0 unspecified atom stereocenters. The summed E-state index contributed by atoms with van der Waals surface area (Å²) in [5.41, 5.74) is 0.733. The number of ether oxygens (including phenoxy) is 2. The number of nitrogens with zero attached hydrogens (tertiary/aromatic N) is 2. The summed E-state index contributed by atoms with van der Waals surface area (Å²) in [5, 5.41) is 7.65. The third-order valence-electron chi connectivity index (χ3n) is 6.49. The lowest BCUT2D eigenvalue weighted by Crippen LogP contribution is -2.66. The summed E-state index contributed by atoms with van der Waals surface area (Å²) >= 11 is 0. The molecule has 3 aliphatic rings. The summed E-state index contributed by atoms with van der Waals surface area (Å²) in [6.07, 6.45) is 8.61. The van der Waals surface area contributed by atoms with Gasteiger partial charge in [0.1, 0.15) is 5.69 Å². The third kappa shape index (κ3) is 3.10. The Bertz CT molecular complexity index is 605. The minimum absolute atomic E-state index is 0.00244. The summed E-state index contributed by atoms with van der Waals surface area (Å²) in [6.45, 7) is 5.14. The molecule has 25 heavy (non-hydrogen) atoms. The van der Waals surface area contributed by atoms with E-state index in [-0.39, 0.29) is 23.5 Å². The van der Waals surface area contributed by atoms with Crippen molar-refractivity contribution in [3.8, 4) is 0 Å². The molecule has 6 nitrogen and oxygen atoms in total. The molecule has 6 heteroatoms. The van der Waals surface area contributed by atoms with Gasteiger partial charge in [0.05, 0.1) is 6.10 Å². The molecule has 2 heterocycles. The van der Waals surface area contributed by atoms with E-state index in [1.165, 1.54) is 19.3 Å². The van der Waals surface area contributed by atoms with Crippen LogP contribution in [0.15, 0.2) is 12.3 Å². The number of hydrogen-bond acceptors (Lipinski definition) is 4. The van der Waals surface area contributed by atoms with Crippen LogP contribution in [-0.2, 0) is 16.0 Å². The Morgan fingerprint density at radius 2 is 2.24 bits per heavy atom. The first-order chi connectivity index (χ1) is 12.2. The molecule has 1 N–H and O–H groups in total. The fraction of sp³-hybridized carbons (Fsp3) is 0.789. The Kier molecular flexibility index (Phi) is 4.82. The van der Waals surface area contributed by atoms with Crippen LogP contribution in [0.3, 0.4) is 0 Å². The maximum atomic E-state index is 12.9. The second kappa shape index (κ2) is 7.08. The molecule has 2 atom stereocenters. The molecule has 1 aliphatic heterocycles. The number of hydrogen-bond donors (Lipinski definition) is 1. The Hall–Kier alpha value is -1.40. The molecule has 4 rings (SSSR count). The van der Waals surface area contributed by atoms with Crippen molar-refractivity contribution in [3.63, 3.8) is 0 Å². The van der Waals surface area contributed by atoms with Gasteiger partial charge in [-0.3, -0.25) is 9.48 Å². The highest BCUT2D eigenvalue weighted by atomic mass is 16.5. The van der Waals surface area contributed by atoms with E-state index in [2.05, 4.69) is 10.4 Å². The van der Waals surface area contributed by atoms with Crippen LogP contribution in [-0.4, -0.2) is 47.7 Å². The fourth-order valence-corrected chi connectivity index (χ4v) is 4.63. The van der Waals surface area contributed by atoms with Crippen LogP contribution in [0.5, 0.6) is 0 Å². The summed E-state index contributed by atoms with van der Waals surface area (Å²) in [6, 6.07) is 2.01. The van der Waals surface area contributed by atoms with Gasteiger partial charge in [-0.15, -0.1) is 0 Å². The topological polar surface area (TPSA) is 65.4 Å². The van der Waals surface area contributed by atoms with Crippen molar-refractivity contribution >= 4 is 5.91 Å². The highest BCUT2D eigenvalue weighted by Crippen LogP contribution is 2.50. The highest BCUT2D eigenvalue weighted by molar-refractivity contribution is 5.92. The predicted octanol–water partition coefficient (Wildman–Crippen LogP) is 2.39. The molecule has 1 aromatic heterocycles. The second-order valence-corrected chi connectivity index (χ2v) is 7.75. The molecule has 138 valence electrons. The minimum atomic E-state index is 0.00244. The van der Waals surface area contributed by atoms with E-state index in [1.807, 2.05) is 17.7 Å². The van der Waals surface area contributed by atoms with Crippen molar-refractivity contribution in [1.82, 2.24) is 15.1 Å². The van der Waals surface area contributed by atoms with E-state index in [0.29, 0.717) is 11.6 Å². The molecule has 2 saturated carbocycles. The number of amides is 1. The smallest absolute Gasteiger partial charge is 0.269 e. The van der Waals surface area contributed by atoms with Crippen LogP contribution in [0, 0.1) is 11.3 Å². The quantitative estimate of drug-likeness (QED) is 0.858. The Labute approximate surface area is 149 Å². The van der Waals surface area contributed by atoms with E-state index in [4.69, 9.17) is 9.47 Å². The average molecular weight is 347 g/mol. The van der Waals surface area contributed by atoms with Gasteiger partial charge in [-0.05, 0) is 51.0 Å². The zero-order valence-corrected chi connectivity index (χ0v) is 15.1. The summed E-state index contributed by atoms with van der Waals surface area (Å²) in [7, 11) is 0. The van der Waals surface area contributed by atoms with Crippen molar-refractivity contribution in [2.75, 3.05) is 19.8 Å². The molecular formula is C19H29N3O3. The highest BCUT2D eigenvalue weighted by Gasteiger charge is 2.56. The standard InChI is InChI=1S/C19H29N3O3/c1-2-25-17-12-16(19(17)7-10-24-11-8-19)21-18(23)15-6-9-20-22(15)13-14-4-3-5-14/h6,9,14,16-17H,2-5,7-8,10-13H2,1H3,(H,21,23)/t16-,17-/m1/s1. The van der Waals surface area contributed by atoms with Gasteiger partial charge in [0.25, 0.3) is 5.91 Å². The number of carbonyl (C=O) groups excluding carboxylic acids is 1. The van der Waals surface area contributed by atoms with Gasteiger partial charge in [-0.1, -0.05) is 6.42 Å². The predicted molar refractivity (Wildman–Crippen MR) is 93.3 cm³/mol. The molecular weight excluding hydrogens is 318 g/mol. The van der Waals surface area contributed by atoms with Gasteiger partial charge in [0, 0.05) is 44.0 Å². The van der Waals surface area contributed by atoms with E-state index >= 15 is 0 Å². The van der Waals surface area contributed by atoms with Crippen LogP contribution < -0.4 is 5.32 Å². The first kappa shape index (κ1) is 17.0. The van der Waals surface area contributed by atoms with Crippen molar-refractivity contribution < 1.29 is 14.3 Å². The van der Waals surface area contributed by atoms with Gasteiger partial charge in [-0.2, -0.15) is 5.10 Å². The first-order valence-electron chi connectivity index (χ1n) is 9.75. The van der Waals surface area contributed by atoms with Crippen LogP contribution in [0.25, 0.3) is 0 Å². The summed E-state index contributed by atoms with van der Waals surface area (Å²) < 4.78 is 13.4. The number of aromatic nitrogens is 2. The summed E-state index contributed by atoms with van der Waals surface area (Å²) in [5.74, 6) is 0.682. The monoisotopic (exact) mass is 347 g/mol. The van der Waals surface area contributed by atoms with Gasteiger partial charge < -0.3 is 14.8 Å². The molecule has 0 radical (unpaired) electrons. The lowest BCUT2D eigenvalue weighted by molar-refractivity contribution is -0.170. The lowest BCUT2D eigenvalue weighted by atomic mass is 9.57. The molecule has 1 amide bonds. The van der Waals surface area contributed by atoms with E-state index in [1.54, 1.807) is 6.20 Å². The maximum Gasteiger partial charge on any atom is 0.269 e. The molecule has 0 bridgehead atoms. The average Bonchev–Trinajstić information content (AvgIpc) is 3.06. The van der Waals surface area contributed by atoms with Crippen molar-refractivity contribution in [2.24, 2.45) is 11.3 Å². The third-order valence-corrected chi connectivity index (χ3v) is 6.49. The molecule has 1 aromatic rings. The molecule has 3 fully saturated rings. The largest absolute Gasteiger partial charge is 0.381 e. The SMILES string of the molecule is CCO[C@@H]1C[C@@H](NC(=O)c2ccnn2CC2CCC2)C12CCOCC2. The lowest BCUT2D eigenvalue weighted by Gasteiger charge is -2.57. The van der Waals surface area contributed by atoms with Crippen molar-refractivity contribution in [1.29, 1.82) is 0 Å². The minimum Gasteiger partial charge on any atom is -0.381 e. The van der Waals surface area contributed by atoms with Crippen LogP contribution in [0.4, 0.5) is 0 Å². The maximum absolute atomic E-state index is 12.9. The number of rotatable bonds is 6. The number of nitrogens with one attached hydrogen (secondary N) is 1. The van der Waals surface area contributed by atoms with Crippen molar-refractivity contribution in [2.45, 2.75) is 64.1 Å². The van der Waals surface area contributed by atoms with Crippen LogP contribution in [0.2, 0.25) is 0 Å². The fourth-order valence-electron chi connectivity index (χ4n) is 4.63. The normalized spacial score (nSPS) is 28.4.